The number of aromatic nitrogens is 4. The Morgan fingerprint density at radius 1 is 1.05 bits per heavy atom. The van der Waals surface area contributed by atoms with Gasteiger partial charge in [0.15, 0.2) is 11.6 Å². The van der Waals surface area contributed by atoms with E-state index >= 15 is 4.39 Å². The lowest BCUT2D eigenvalue weighted by molar-refractivity contribution is -0.117. The van der Waals surface area contributed by atoms with Crippen molar-refractivity contribution in [3.8, 4) is 11.3 Å². The number of piperidine rings is 1. The third-order valence-corrected chi connectivity index (χ3v) is 6.92. The number of nitrogens with zero attached hydrogens (tertiary/aromatic N) is 7. The molecule has 194 valence electrons. The number of likely N-dealkylation sites (tertiary alicyclic amines) is 1. The molecule has 0 unspecified atom stereocenters. The van der Waals surface area contributed by atoms with Crippen molar-refractivity contribution in [1.29, 1.82) is 0 Å². The van der Waals surface area contributed by atoms with Crippen LogP contribution in [0.3, 0.4) is 0 Å². The maximum Gasteiger partial charge on any atom is 0.246 e. The van der Waals surface area contributed by atoms with Gasteiger partial charge in [-0.2, -0.15) is 5.10 Å². The molecule has 5 rings (SSSR count). The van der Waals surface area contributed by atoms with E-state index in [0.29, 0.717) is 23.1 Å². The summed E-state index contributed by atoms with van der Waals surface area (Å²) >= 11 is 0. The molecule has 37 heavy (non-hydrogen) atoms. The summed E-state index contributed by atoms with van der Waals surface area (Å²) in [6.07, 6.45) is 3.10. The summed E-state index contributed by atoms with van der Waals surface area (Å²) in [6, 6.07) is 6.36. The molecule has 4 heterocycles. The van der Waals surface area contributed by atoms with Crippen LogP contribution >= 0.6 is 0 Å². The molecule has 0 bridgehead atoms. The van der Waals surface area contributed by atoms with Crippen LogP contribution in [-0.2, 0) is 4.79 Å². The Morgan fingerprint density at radius 2 is 1.81 bits per heavy atom. The minimum absolute atomic E-state index is 0.0645. The lowest BCUT2D eigenvalue weighted by Gasteiger charge is -2.38. The van der Waals surface area contributed by atoms with E-state index < -0.39 is 11.6 Å². The number of nitrogens with one attached hydrogen (secondary N) is 1. The Hall–Kier alpha value is -3.73. The summed E-state index contributed by atoms with van der Waals surface area (Å²) in [4.78, 5) is 26.4. The Kier molecular flexibility index (Phi) is 6.72. The molecule has 1 saturated heterocycles. The van der Waals surface area contributed by atoms with Crippen LogP contribution in [0.1, 0.15) is 38.3 Å². The predicted molar refractivity (Wildman–Crippen MR) is 138 cm³/mol. The van der Waals surface area contributed by atoms with Crippen LogP contribution in [-0.4, -0.2) is 70.7 Å². The second kappa shape index (κ2) is 9.97. The van der Waals surface area contributed by atoms with Crippen LogP contribution < -0.4 is 15.1 Å². The number of halogens is 2. The summed E-state index contributed by atoms with van der Waals surface area (Å²) in [5.41, 5.74) is 1.74. The number of carbonyl (C=O) groups is 1. The minimum atomic E-state index is -0.708. The third-order valence-electron chi connectivity index (χ3n) is 6.92. The van der Waals surface area contributed by atoms with E-state index in [1.807, 2.05) is 19.9 Å². The van der Waals surface area contributed by atoms with E-state index in [4.69, 9.17) is 0 Å². The first-order valence-electron chi connectivity index (χ1n) is 12.4. The predicted octanol–water partition coefficient (Wildman–Crippen LogP) is 3.96. The molecule has 9 nitrogen and oxygen atoms in total. The zero-order valence-electron chi connectivity index (χ0n) is 21.4. The van der Waals surface area contributed by atoms with E-state index in [-0.39, 0.29) is 35.7 Å². The Labute approximate surface area is 214 Å². The van der Waals surface area contributed by atoms with Crippen LogP contribution in [0.15, 0.2) is 30.5 Å². The van der Waals surface area contributed by atoms with Gasteiger partial charge in [-0.15, -0.1) is 5.10 Å². The first-order valence-corrected chi connectivity index (χ1v) is 12.4. The van der Waals surface area contributed by atoms with Crippen molar-refractivity contribution in [2.75, 3.05) is 48.8 Å². The summed E-state index contributed by atoms with van der Waals surface area (Å²) < 4.78 is 30.1. The van der Waals surface area contributed by atoms with E-state index in [9.17, 15) is 9.18 Å². The largest absolute Gasteiger partial charge is 0.361 e. The fourth-order valence-corrected chi connectivity index (χ4v) is 5.02. The summed E-state index contributed by atoms with van der Waals surface area (Å²) in [7, 11) is 3.77. The van der Waals surface area contributed by atoms with Crippen LogP contribution in [0, 0.1) is 11.6 Å². The Morgan fingerprint density at radius 3 is 2.49 bits per heavy atom. The van der Waals surface area contributed by atoms with Gasteiger partial charge < -0.3 is 20.0 Å². The van der Waals surface area contributed by atoms with Gasteiger partial charge in [0.25, 0.3) is 0 Å². The zero-order valence-corrected chi connectivity index (χ0v) is 21.4. The molecule has 2 aromatic heterocycles. The summed E-state index contributed by atoms with van der Waals surface area (Å²) in [5.74, 6) is -0.527. The van der Waals surface area contributed by atoms with Crippen LogP contribution in [0.5, 0.6) is 0 Å². The van der Waals surface area contributed by atoms with Crippen LogP contribution in [0.4, 0.5) is 31.9 Å². The first-order chi connectivity index (χ1) is 17.7. The standard InChI is InChI=1S/C26H30F2N8O/c1-15(2)36-21-12-17(11-18(27)25(21)35(4)14-23(36)37)24-19(28)13-29-26(31-24)30-22-6-5-20(32-33-22)16-7-9-34(3)10-8-16/h5-6,11-13,15-16H,7-10,14H2,1-4H3,(H,29,30,31,33). The number of fused-ring (bicyclic) bond motifs is 1. The van der Waals surface area contributed by atoms with Gasteiger partial charge in [-0.25, -0.2) is 18.7 Å². The van der Waals surface area contributed by atoms with Gasteiger partial charge in [-0.05, 0) is 71.1 Å². The second-order valence-corrected chi connectivity index (χ2v) is 9.98. The monoisotopic (exact) mass is 508 g/mol. The van der Waals surface area contributed by atoms with Gasteiger partial charge in [-0.1, -0.05) is 0 Å². The van der Waals surface area contributed by atoms with Gasteiger partial charge in [0.05, 0.1) is 29.8 Å². The molecule has 1 aromatic carbocycles. The fraction of sp³-hybridized carbons (Fsp3) is 0.423. The van der Waals surface area contributed by atoms with Crippen molar-refractivity contribution < 1.29 is 13.6 Å². The minimum Gasteiger partial charge on any atom is -0.361 e. The average molecular weight is 509 g/mol. The number of carbonyl (C=O) groups excluding carboxylic acids is 1. The van der Waals surface area contributed by atoms with Crippen molar-refractivity contribution in [3.63, 3.8) is 0 Å². The third kappa shape index (κ3) is 4.95. The molecular formula is C26H30F2N8O. The van der Waals surface area contributed by atoms with Crippen molar-refractivity contribution in [1.82, 2.24) is 25.1 Å². The van der Waals surface area contributed by atoms with Crippen molar-refractivity contribution >= 4 is 29.0 Å². The maximum atomic E-state index is 15.2. The number of hydrogen-bond donors (Lipinski definition) is 1. The van der Waals surface area contributed by atoms with E-state index in [1.165, 1.54) is 11.0 Å². The molecule has 0 aliphatic carbocycles. The van der Waals surface area contributed by atoms with Gasteiger partial charge in [-0.3, -0.25) is 4.79 Å². The van der Waals surface area contributed by atoms with Crippen molar-refractivity contribution in [2.45, 2.75) is 38.6 Å². The van der Waals surface area contributed by atoms with Crippen molar-refractivity contribution in [3.05, 3.63) is 47.8 Å². The molecule has 1 N–H and O–H groups in total. The molecular weight excluding hydrogens is 478 g/mol. The molecule has 11 heteroatoms. The van der Waals surface area contributed by atoms with Gasteiger partial charge in [0.1, 0.15) is 11.5 Å². The lowest BCUT2D eigenvalue weighted by Crippen LogP contribution is -2.47. The molecule has 1 fully saturated rings. The molecule has 2 aliphatic rings. The molecule has 3 aromatic rings. The topological polar surface area (TPSA) is 90.4 Å². The molecule has 0 atom stereocenters. The normalized spacial score (nSPS) is 16.9. The highest BCUT2D eigenvalue weighted by atomic mass is 19.1. The smallest absolute Gasteiger partial charge is 0.246 e. The van der Waals surface area contributed by atoms with Crippen molar-refractivity contribution in [2.24, 2.45) is 0 Å². The molecule has 0 saturated carbocycles. The van der Waals surface area contributed by atoms with E-state index in [1.54, 1.807) is 24.1 Å². The number of hydrogen-bond acceptors (Lipinski definition) is 8. The van der Waals surface area contributed by atoms with E-state index in [0.717, 1.165) is 37.8 Å². The van der Waals surface area contributed by atoms with Gasteiger partial charge in [0.2, 0.25) is 11.9 Å². The second-order valence-electron chi connectivity index (χ2n) is 9.98. The number of benzene rings is 1. The highest BCUT2D eigenvalue weighted by molar-refractivity contribution is 6.04. The molecule has 0 spiro atoms. The lowest BCUT2D eigenvalue weighted by atomic mass is 9.94. The van der Waals surface area contributed by atoms with Gasteiger partial charge >= 0.3 is 0 Å². The van der Waals surface area contributed by atoms with Gasteiger partial charge in [0, 0.05) is 24.6 Å². The SMILES string of the molecule is CC(C)N1C(=O)CN(C)c2c(F)cc(-c3nc(Nc4ccc(C5CCN(C)CC5)nn4)ncc3F)cc21. The van der Waals surface area contributed by atoms with E-state index in [2.05, 4.69) is 37.4 Å². The maximum absolute atomic E-state index is 15.2. The Balaban J connectivity index is 1.42. The average Bonchev–Trinajstić information content (AvgIpc) is 2.85. The number of likely N-dealkylation sites (N-methyl/N-ethyl adjacent to an activating group) is 1. The first kappa shape index (κ1) is 24.9. The highest BCUT2D eigenvalue weighted by Gasteiger charge is 2.32. The zero-order chi connectivity index (χ0) is 26.3. The van der Waals surface area contributed by atoms with Crippen LogP contribution in [0.25, 0.3) is 11.3 Å². The quantitative estimate of drug-likeness (QED) is 0.554. The number of anilines is 4. The molecule has 2 aliphatic heterocycles. The summed E-state index contributed by atoms with van der Waals surface area (Å²) in [5, 5.41) is 11.6. The summed E-state index contributed by atoms with van der Waals surface area (Å²) in [6.45, 7) is 5.82. The fourth-order valence-electron chi connectivity index (χ4n) is 5.02. The molecule has 0 radical (unpaired) electrons. The molecule has 1 amide bonds. The Bertz CT molecular complexity index is 1310. The highest BCUT2D eigenvalue weighted by Crippen LogP contribution is 2.40. The number of rotatable bonds is 5. The number of amides is 1. The van der Waals surface area contributed by atoms with Crippen LogP contribution in [0.2, 0.25) is 0 Å².